The summed E-state index contributed by atoms with van der Waals surface area (Å²) in [5.74, 6) is 2.41. The highest BCUT2D eigenvalue weighted by Crippen LogP contribution is 2.44. The third-order valence-corrected chi connectivity index (χ3v) is 5.05. The van der Waals surface area contributed by atoms with Gasteiger partial charge < -0.3 is 4.90 Å². The number of aromatic nitrogens is 3. The van der Waals surface area contributed by atoms with Gasteiger partial charge in [0.25, 0.3) is 6.43 Å². The van der Waals surface area contributed by atoms with E-state index in [1.807, 2.05) is 6.92 Å². The number of halogens is 4. The van der Waals surface area contributed by atoms with Crippen LogP contribution < -0.4 is 10.6 Å². The predicted octanol–water partition coefficient (Wildman–Crippen LogP) is 4.16. The van der Waals surface area contributed by atoms with Crippen molar-refractivity contribution in [1.82, 2.24) is 14.5 Å². The molecule has 1 aliphatic rings. The molecule has 4 rings (SSSR count). The van der Waals surface area contributed by atoms with Gasteiger partial charge in [-0.3, -0.25) is 4.57 Å². The molecule has 31 heavy (non-hydrogen) atoms. The molecule has 1 aliphatic carbocycles. The normalized spacial score (nSPS) is 16.3. The minimum atomic E-state index is -3.07. The van der Waals surface area contributed by atoms with Crippen LogP contribution in [0.4, 0.5) is 29.1 Å². The molecule has 0 unspecified atom stereocenters. The highest BCUT2D eigenvalue weighted by molar-refractivity contribution is 5.92. The minimum Gasteiger partial charge on any atom is -0.320 e. The van der Waals surface area contributed by atoms with Crippen molar-refractivity contribution in [3.8, 4) is 11.8 Å². The van der Waals surface area contributed by atoms with Gasteiger partial charge >= 0.3 is 5.69 Å². The topological polar surface area (TPSA) is 51.0 Å². The standard InChI is InChI=1S/C22H18F4N4O/c1-22(8-9-22)7-5-13-11-14(6-10-27-13)30(12-17(24)25)20-18-16(29(2)21(31)28-20)4-3-15(23)19(18)26/h3-4,6,10-11,17H,8-9,12H2,1-2H3/i2D3. The molecule has 160 valence electrons. The van der Waals surface area contributed by atoms with Crippen LogP contribution >= 0.6 is 0 Å². The van der Waals surface area contributed by atoms with Gasteiger partial charge in [-0.1, -0.05) is 5.92 Å². The smallest absolute Gasteiger partial charge is 0.320 e. The Morgan fingerprint density at radius 3 is 2.77 bits per heavy atom. The first-order valence-corrected chi connectivity index (χ1v) is 9.36. The van der Waals surface area contributed by atoms with Gasteiger partial charge in [-0.2, -0.15) is 4.98 Å². The van der Waals surface area contributed by atoms with Crippen molar-refractivity contribution in [2.75, 3.05) is 11.4 Å². The van der Waals surface area contributed by atoms with Crippen molar-refractivity contribution >= 4 is 22.4 Å². The van der Waals surface area contributed by atoms with Crippen LogP contribution in [0.3, 0.4) is 0 Å². The summed E-state index contributed by atoms with van der Waals surface area (Å²) in [6, 6.07) is 4.24. The van der Waals surface area contributed by atoms with Crippen molar-refractivity contribution in [1.29, 1.82) is 0 Å². The van der Waals surface area contributed by atoms with Gasteiger partial charge in [0.05, 0.1) is 17.4 Å². The Hall–Kier alpha value is -3.41. The van der Waals surface area contributed by atoms with Crippen LogP contribution in [0.1, 0.15) is 29.6 Å². The Labute approximate surface area is 179 Å². The Kier molecular flexibility index (Phi) is 4.29. The Bertz CT molecular complexity index is 1390. The first kappa shape index (κ1) is 17.3. The number of pyridine rings is 1. The number of fused-ring (bicyclic) bond motifs is 1. The van der Waals surface area contributed by atoms with E-state index in [2.05, 4.69) is 21.8 Å². The molecule has 1 aromatic carbocycles. The number of hydrogen-bond acceptors (Lipinski definition) is 4. The van der Waals surface area contributed by atoms with E-state index in [4.69, 9.17) is 4.11 Å². The van der Waals surface area contributed by atoms with Gasteiger partial charge in [-0.25, -0.2) is 27.3 Å². The number of alkyl halides is 2. The molecule has 1 fully saturated rings. The number of hydrogen-bond donors (Lipinski definition) is 0. The molecule has 5 nitrogen and oxygen atoms in total. The number of rotatable bonds is 4. The Morgan fingerprint density at radius 2 is 2.10 bits per heavy atom. The third kappa shape index (κ3) is 4.10. The molecule has 2 aromatic heterocycles. The molecule has 1 saturated carbocycles. The first-order chi connectivity index (χ1) is 15.9. The lowest BCUT2D eigenvalue weighted by atomic mass is 10.1. The molecule has 0 aliphatic heterocycles. The van der Waals surface area contributed by atoms with Gasteiger partial charge in [-0.15, -0.1) is 0 Å². The molecule has 0 saturated heterocycles. The lowest BCUT2D eigenvalue weighted by Crippen LogP contribution is -2.30. The predicted molar refractivity (Wildman–Crippen MR) is 108 cm³/mol. The van der Waals surface area contributed by atoms with Gasteiger partial charge in [0, 0.05) is 28.4 Å². The van der Waals surface area contributed by atoms with Gasteiger partial charge in [0.2, 0.25) is 0 Å². The monoisotopic (exact) mass is 433 g/mol. The molecule has 0 N–H and O–H groups in total. The van der Waals surface area contributed by atoms with Crippen LogP contribution in [0.5, 0.6) is 0 Å². The Balaban J connectivity index is 1.96. The van der Waals surface area contributed by atoms with Crippen molar-refractivity contribution in [3.05, 3.63) is 58.3 Å². The summed E-state index contributed by atoms with van der Waals surface area (Å²) in [5, 5.41) is -0.716. The quantitative estimate of drug-likeness (QED) is 0.458. The Morgan fingerprint density at radius 1 is 1.32 bits per heavy atom. The van der Waals surface area contributed by atoms with Crippen LogP contribution in [0.25, 0.3) is 10.9 Å². The van der Waals surface area contributed by atoms with E-state index < -0.39 is 54.0 Å². The van der Waals surface area contributed by atoms with Gasteiger partial charge in [0.1, 0.15) is 5.69 Å². The number of benzene rings is 1. The fraction of sp³-hybridized carbons (Fsp3) is 0.318. The second-order valence-electron chi connectivity index (χ2n) is 7.52. The van der Waals surface area contributed by atoms with E-state index in [-0.39, 0.29) is 21.4 Å². The summed E-state index contributed by atoms with van der Waals surface area (Å²) in [7, 11) is 0. The zero-order valence-electron chi connectivity index (χ0n) is 19.3. The third-order valence-electron chi connectivity index (χ3n) is 5.05. The lowest BCUT2D eigenvalue weighted by molar-refractivity contribution is 0.157. The zero-order valence-corrected chi connectivity index (χ0v) is 16.3. The van der Waals surface area contributed by atoms with E-state index >= 15 is 0 Å². The van der Waals surface area contributed by atoms with Crippen molar-refractivity contribution < 1.29 is 21.7 Å². The summed E-state index contributed by atoms with van der Waals surface area (Å²) in [6.45, 7) is -2.14. The van der Waals surface area contributed by atoms with Crippen molar-refractivity contribution in [3.63, 3.8) is 0 Å². The molecule has 0 bridgehead atoms. The van der Waals surface area contributed by atoms with Crippen LogP contribution in [0.2, 0.25) is 0 Å². The van der Waals surface area contributed by atoms with E-state index in [0.717, 1.165) is 23.8 Å². The molecule has 0 radical (unpaired) electrons. The van der Waals surface area contributed by atoms with Gasteiger partial charge in [-0.05, 0) is 50.0 Å². The lowest BCUT2D eigenvalue weighted by Gasteiger charge is -2.25. The maximum Gasteiger partial charge on any atom is 0.349 e. The summed E-state index contributed by atoms with van der Waals surface area (Å²) in [4.78, 5) is 21.2. The van der Waals surface area contributed by atoms with Crippen LogP contribution in [-0.2, 0) is 6.98 Å². The second kappa shape index (κ2) is 7.69. The molecule has 0 spiro atoms. The molecule has 3 aromatic rings. The minimum absolute atomic E-state index is 0.0454. The largest absolute Gasteiger partial charge is 0.349 e. The van der Waals surface area contributed by atoms with E-state index in [1.165, 1.54) is 18.3 Å². The fourth-order valence-electron chi connectivity index (χ4n) is 3.07. The molecule has 2 heterocycles. The number of anilines is 2. The van der Waals surface area contributed by atoms with E-state index in [0.29, 0.717) is 6.07 Å². The highest BCUT2D eigenvalue weighted by Gasteiger charge is 2.35. The summed E-state index contributed by atoms with van der Waals surface area (Å²) in [5.41, 5.74) is -1.67. The van der Waals surface area contributed by atoms with Crippen LogP contribution in [-0.4, -0.2) is 27.5 Å². The maximum absolute atomic E-state index is 14.9. The molecule has 0 atom stereocenters. The maximum atomic E-state index is 14.9. The van der Waals surface area contributed by atoms with Crippen LogP contribution in [0, 0.1) is 28.9 Å². The average molecular weight is 433 g/mol. The fourth-order valence-corrected chi connectivity index (χ4v) is 3.07. The van der Waals surface area contributed by atoms with E-state index in [1.54, 1.807) is 0 Å². The summed E-state index contributed by atoms with van der Waals surface area (Å²) in [6.07, 6.45) is 0.192. The molecular formula is C22H18F4N4O. The van der Waals surface area contributed by atoms with Crippen molar-refractivity contribution in [2.24, 2.45) is 12.4 Å². The zero-order chi connectivity index (χ0) is 24.8. The van der Waals surface area contributed by atoms with Crippen molar-refractivity contribution in [2.45, 2.75) is 26.2 Å². The molecule has 0 amide bonds. The second-order valence-corrected chi connectivity index (χ2v) is 7.52. The average Bonchev–Trinajstić information content (AvgIpc) is 3.49. The van der Waals surface area contributed by atoms with Crippen LogP contribution in [0.15, 0.2) is 35.3 Å². The van der Waals surface area contributed by atoms with E-state index in [9.17, 15) is 22.4 Å². The number of aryl methyl sites for hydroxylation is 1. The SMILES string of the molecule is [2H]C([2H])([2H])n1c(=O)nc(N(CC(F)F)c2ccnc(C#CC3(C)CC3)c2)c2c(F)c(F)ccc21. The number of nitrogens with zero attached hydrogens (tertiary/aromatic N) is 4. The van der Waals surface area contributed by atoms with Gasteiger partial charge in [0.15, 0.2) is 17.5 Å². The first-order valence-electron chi connectivity index (χ1n) is 10.9. The highest BCUT2D eigenvalue weighted by atomic mass is 19.3. The molecular weight excluding hydrogens is 412 g/mol. The summed E-state index contributed by atoms with van der Waals surface area (Å²) >= 11 is 0. The summed E-state index contributed by atoms with van der Waals surface area (Å²) < 4.78 is 79.2. The molecule has 9 heteroatoms.